The number of halogens is 1. The Morgan fingerprint density at radius 3 is 2.73 bits per heavy atom. The van der Waals surface area contributed by atoms with E-state index < -0.39 is 0 Å². The van der Waals surface area contributed by atoms with Gasteiger partial charge in [0.05, 0.1) is 11.0 Å². The Morgan fingerprint density at radius 2 is 2.04 bits per heavy atom. The lowest BCUT2D eigenvalue weighted by molar-refractivity contribution is 0.665. The van der Waals surface area contributed by atoms with Gasteiger partial charge in [-0.15, -0.1) is 35.3 Å². The van der Waals surface area contributed by atoms with Crippen LogP contribution in [0.3, 0.4) is 0 Å². The van der Waals surface area contributed by atoms with Crippen molar-refractivity contribution in [2.45, 2.75) is 52.0 Å². The lowest BCUT2D eigenvalue weighted by atomic mass is 9.89. The van der Waals surface area contributed by atoms with E-state index >= 15 is 0 Å². The average Bonchev–Trinajstić information content (AvgIpc) is 3.05. The molecule has 0 saturated carbocycles. The molecule has 142 valence electrons. The molecular weight excluding hydrogens is 455 g/mol. The SMILES string of the molecule is CN=C(NCCc1ncc(C)s1)NC(C)c1ccc2c(c1)CCCC2.I. The minimum atomic E-state index is 0. The van der Waals surface area contributed by atoms with Gasteiger partial charge in [0.2, 0.25) is 0 Å². The number of guanidine groups is 1. The summed E-state index contributed by atoms with van der Waals surface area (Å²) in [5.74, 6) is 0.846. The second-order valence-electron chi connectivity index (χ2n) is 6.71. The van der Waals surface area contributed by atoms with Gasteiger partial charge in [-0.2, -0.15) is 0 Å². The summed E-state index contributed by atoms with van der Waals surface area (Å²) in [6, 6.07) is 7.18. The first-order valence-electron chi connectivity index (χ1n) is 9.16. The molecule has 26 heavy (non-hydrogen) atoms. The van der Waals surface area contributed by atoms with Gasteiger partial charge >= 0.3 is 0 Å². The van der Waals surface area contributed by atoms with Crippen LogP contribution < -0.4 is 10.6 Å². The highest BCUT2D eigenvalue weighted by Crippen LogP contribution is 2.24. The topological polar surface area (TPSA) is 49.3 Å². The summed E-state index contributed by atoms with van der Waals surface area (Å²) in [6.07, 6.45) is 7.96. The van der Waals surface area contributed by atoms with Gasteiger partial charge in [0.15, 0.2) is 5.96 Å². The Labute approximate surface area is 177 Å². The Bertz CT molecular complexity index is 741. The van der Waals surface area contributed by atoms with Crippen LogP contribution in [0.2, 0.25) is 0 Å². The number of aliphatic imine (C=N–C) groups is 1. The fourth-order valence-corrected chi connectivity index (χ4v) is 4.10. The number of nitrogens with zero attached hydrogens (tertiary/aromatic N) is 2. The van der Waals surface area contributed by atoms with Crippen molar-refractivity contribution in [1.82, 2.24) is 15.6 Å². The number of hydrogen-bond donors (Lipinski definition) is 2. The third-order valence-corrected chi connectivity index (χ3v) is 5.72. The van der Waals surface area contributed by atoms with Gasteiger partial charge in [-0.1, -0.05) is 18.2 Å². The molecule has 1 aliphatic carbocycles. The molecule has 0 fully saturated rings. The molecule has 2 N–H and O–H groups in total. The monoisotopic (exact) mass is 484 g/mol. The van der Waals surface area contributed by atoms with Gasteiger partial charge in [-0.3, -0.25) is 4.99 Å². The zero-order valence-corrected chi connectivity index (χ0v) is 19.0. The molecule has 1 aromatic heterocycles. The molecule has 2 aromatic rings. The van der Waals surface area contributed by atoms with Gasteiger partial charge in [0, 0.05) is 31.1 Å². The van der Waals surface area contributed by atoms with Crippen LogP contribution in [0, 0.1) is 6.92 Å². The minimum absolute atomic E-state index is 0. The van der Waals surface area contributed by atoms with Crippen LogP contribution in [-0.2, 0) is 19.3 Å². The van der Waals surface area contributed by atoms with E-state index in [9.17, 15) is 0 Å². The molecule has 1 unspecified atom stereocenters. The predicted octanol–water partition coefficient (Wildman–Crippen LogP) is 4.42. The number of aryl methyl sites for hydroxylation is 3. The predicted molar refractivity (Wildman–Crippen MR) is 122 cm³/mol. The average molecular weight is 484 g/mol. The largest absolute Gasteiger partial charge is 0.356 e. The number of fused-ring (bicyclic) bond motifs is 1. The van der Waals surface area contributed by atoms with Crippen molar-refractivity contribution in [2.24, 2.45) is 4.99 Å². The molecule has 1 heterocycles. The minimum Gasteiger partial charge on any atom is -0.356 e. The number of hydrogen-bond acceptors (Lipinski definition) is 3. The molecule has 0 spiro atoms. The van der Waals surface area contributed by atoms with Crippen molar-refractivity contribution in [1.29, 1.82) is 0 Å². The van der Waals surface area contributed by atoms with Gasteiger partial charge in [0.1, 0.15) is 0 Å². The van der Waals surface area contributed by atoms with Crippen molar-refractivity contribution < 1.29 is 0 Å². The quantitative estimate of drug-likeness (QED) is 0.376. The molecule has 0 aliphatic heterocycles. The van der Waals surface area contributed by atoms with Gasteiger partial charge < -0.3 is 10.6 Å². The van der Waals surface area contributed by atoms with Crippen LogP contribution in [0.15, 0.2) is 29.4 Å². The lowest BCUT2D eigenvalue weighted by Crippen LogP contribution is -2.39. The summed E-state index contributed by atoms with van der Waals surface area (Å²) in [5.41, 5.74) is 4.39. The highest BCUT2D eigenvalue weighted by molar-refractivity contribution is 14.0. The van der Waals surface area contributed by atoms with Crippen LogP contribution >= 0.6 is 35.3 Å². The molecule has 0 radical (unpaired) electrons. The summed E-state index contributed by atoms with van der Waals surface area (Å²) >= 11 is 1.76. The van der Waals surface area contributed by atoms with E-state index in [0.717, 1.165) is 18.9 Å². The Hall–Kier alpha value is -1.15. The first-order valence-corrected chi connectivity index (χ1v) is 9.97. The standard InChI is InChI=1S/C20H28N4S.HI/c1-14-13-23-19(25-14)10-11-22-20(21-3)24-15(2)17-9-8-16-6-4-5-7-18(16)12-17;/h8-9,12-13,15H,4-7,10-11H2,1-3H3,(H2,21,22,24);1H. The molecule has 0 saturated heterocycles. The van der Waals surface area contributed by atoms with E-state index in [1.807, 2.05) is 13.2 Å². The lowest BCUT2D eigenvalue weighted by Gasteiger charge is -2.21. The Morgan fingerprint density at radius 1 is 1.27 bits per heavy atom. The summed E-state index contributed by atoms with van der Waals surface area (Å²) in [5, 5.41) is 8.07. The molecule has 1 aliphatic rings. The maximum absolute atomic E-state index is 4.41. The maximum atomic E-state index is 4.41. The van der Waals surface area contributed by atoms with E-state index in [2.05, 4.69) is 52.7 Å². The van der Waals surface area contributed by atoms with Crippen LogP contribution in [0.4, 0.5) is 0 Å². The maximum Gasteiger partial charge on any atom is 0.191 e. The fraction of sp³-hybridized carbons (Fsp3) is 0.500. The van der Waals surface area contributed by atoms with Crippen LogP contribution in [-0.4, -0.2) is 24.5 Å². The van der Waals surface area contributed by atoms with Crippen LogP contribution in [0.1, 0.15) is 52.4 Å². The summed E-state index contributed by atoms with van der Waals surface area (Å²) < 4.78 is 0. The zero-order chi connectivity index (χ0) is 17.6. The molecule has 1 aromatic carbocycles. The second-order valence-corrected chi connectivity index (χ2v) is 8.03. The fourth-order valence-electron chi connectivity index (χ4n) is 3.31. The molecular formula is C20H29IN4S. The number of benzene rings is 1. The molecule has 3 rings (SSSR count). The van der Waals surface area contributed by atoms with Crippen LogP contribution in [0.5, 0.6) is 0 Å². The van der Waals surface area contributed by atoms with Crippen molar-refractivity contribution in [3.63, 3.8) is 0 Å². The highest BCUT2D eigenvalue weighted by Gasteiger charge is 2.13. The number of thiazole rings is 1. The summed E-state index contributed by atoms with van der Waals surface area (Å²) in [4.78, 5) is 10.0. The second kappa shape index (κ2) is 10.3. The number of aromatic nitrogens is 1. The van der Waals surface area contributed by atoms with Gasteiger partial charge in [-0.05, 0) is 56.2 Å². The third kappa shape index (κ3) is 5.67. The first-order chi connectivity index (χ1) is 12.2. The third-order valence-electron chi connectivity index (χ3n) is 4.75. The molecule has 1 atom stereocenters. The van der Waals surface area contributed by atoms with E-state index in [4.69, 9.17) is 0 Å². The van der Waals surface area contributed by atoms with Crippen LogP contribution in [0.25, 0.3) is 0 Å². The first kappa shape index (κ1) is 21.2. The van der Waals surface area contributed by atoms with E-state index in [1.165, 1.54) is 52.3 Å². The molecule has 0 amide bonds. The number of nitrogens with one attached hydrogen (secondary N) is 2. The summed E-state index contributed by atoms with van der Waals surface area (Å²) in [6.45, 7) is 5.13. The number of rotatable bonds is 5. The van der Waals surface area contributed by atoms with Crippen molar-refractivity contribution in [3.05, 3.63) is 51.0 Å². The van der Waals surface area contributed by atoms with E-state index in [-0.39, 0.29) is 30.0 Å². The van der Waals surface area contributed by atoms with E-state index in [0.29, 0.717) is 0 Å². The van der Waals surface area contributed by atoms with Crippen molar-refractivity contribution in [2.75, 3.05) is 13.6 Å². The highest BCUT2D eigenvalue weighted by atomic mass is 127. The Kier molecular flexibility index (Phi) is 8.34. The zero-order valence-electron chi connectivity index (χ0n) is 15.8. The molecule has 0 bridgehead atoms. The summed E-state index contributed by atoms with van der Waals surface area (Å²) in [7, 11) is 1.82. The smallest absolute Gasteiger partial charge is 0.191 e. The molecule has 6 heteroatoms. The Balaban J connectivity index is 0.00000243. The van der Waals surface area contributed by atoms with Crippen molar-refractivity contribution >= 4 is 41.3 Å². The molecule has 4 nitrogen and oxygen atoms in total. The van der Waals surface area contributed by atoms with Crippen molar-refractivity contribution in [3.8, 4) is 0 Å². The van der Waals surface area contributed by atoms with Gasteiger partial charge in [-0.25, -0.2) is 4.98 Å². The van der Waals surface area contributed by atoms with Gasteiger partial charge in [0.25, 0.3) is 0 Å². The van der Waals surface area contributed by atoms with E-state index in [1.54, 1.807) is 11.3 Å². The normalized spacial score (nSPS) is 15.0.